The van der Waals surface area contributed by atoms with Crippen LogP contribution in [0, 0.1) is 5.82 Å². The van der Waals surface area contributed by atoms with Crippen LogP contribution < -0.4 is 0 Å². The Balaban J connectivity index is 2.49. The lowest BCUT2D eigenvalue weighted by Gasteiger charge is -2.03. The molecule has 17 heavy (non-hydrogen) atoms. The zero-order valence-corrected chi connectivity index (χ0v) is 10.2. The molecule has 0 unspecified atom stereocenters. The molecule has 4 nitrogen and oxygen atoms in total. The van der Waals surface area contributed by atoms with Crippen LogP contribution in [0.25, 0.3) is 11.1 Å². The van der Waals surface area contributed by atoms with Crippen LogP contribution in [0.2, 0.25) is 0 Å². The van der Waals surface area contributed by atoms with Gasteiger partial charge in [0.1, 0.15) is 5.82 Å². The first-order chi connectivity index (χ1) is 8.08. The van der Waals surface area contributed by atoms with Crippen LogP contribution in [0.4, 0.5) is 4.39 Å². The second-order valence-corrected chi connectivity index (χ2v) is 4.37. The number of hydrogen-bond donors (Lipinski definition) is 2. The molecular formula is C11H8BrFN2O2. The van der Waals surface area contributed by atoms with Crippen LogP contribution in [0.1, 0.15) is 5.69 Å². The van der Waals surface area contributed by atoms with Crippen molar-refractivity contribution >= 4 is 21.9 Å². The van der Waals surface area contributed by atoms with Gasteiger partial charge in [-0.15, -0.1) is 0 Å². The van der Waals surface area contributed by atoms with Gasteiger partial charge in [-0.25, -0.2) is 4.39 Å². The molecule has 0 aliphatic rings. The smallest absolute Gasteiger partial charge is 0.309 e. The third-order valence-electron chi connectivity index (χ3n) is 2.26. The average Bonchev–Trinajstić information content (AvgIpc) is 2.69. The molecule has 0 saturated heterocycles. The monoisotopic (exact) mass is 298 g/mol. The number of halogens is 2. The van der Waals surface area contributed by atoms with Crippen molar-refractivity contribution in [2.75, 3.05) is 0 Å². The van der Waals surface area contributed by atoms with E-state index >= 15 is 0 Å². The highest BCUT2D eigenvalue weighted by Crippen LogP contribution is 2.28. The summed E-state index contributed by atoms with van der Waals surface area (Å²) in [6.45, 7) is 0. The van der Waals surface area contributed by atoms with Crippen molar-refractivity contribution in [3.8, 4) is 11.1 Å². The second kappa shape index (κ2) is 4.67. The number of H-pyrrole nitrogens is 1. The number of aromatic amines is 1. The maximum atomic E-state index is 13.6. The average molecular weight is 299 g/mol. The molecule has 0 fully saturated rings. The Morgan fingerprint density at radius 2 is 2.24 bits per heavy atom. The number of carbonyl (C=O) groups is 1. The van der Waals surface area contributed by atoms with Gasteiger partial charge in [0.05, 0.1) is 18.3 Å². The molecule has 2 N–H and O–H groups in total. The Morgan fingerprint density at radius 1 is 1.47 bits per heavy atom. The van der Waals surface area contributed by atoms with Gasteiger partial charge in [-0.2, -0.15) is 5.10 Å². The molecule has 0 radical (unpaired) electrons. The Morgan fingerprint density at radius 3 is 2.94 bits per heavy atom. The molecule has 88 valence electrons. The molecule has 0 bridgehead atoms. The van der Waals surface area contributed by atoms with Crippen molar-refractivity contribution in [3.63, 3.8) is 0 Å². The number of benzene rings is 1. The zero-order valence-electron chi connectivity index (χ0n) is 8.58. The van der Waals surface area contributed by atoms with Gasteiger partial charge < -0.3 is 5.11 Å². The van der Waals surface area contributed by atoms with E-state index in [-0.39, 0.29) is 6.42 Å². The second-order valence-electron chi connectivity index (χ2n) is 3.46. The lowest BCUT2D eigenvalue weighted by atomic mass is 10.0. The van der Waals surface area contributed by atoms with E-state index < -0.39 is 11.8 Å². The van der Waals surface area contributed by atoms with Gasteiger partial charge in [0, 0.05) is 15.6 Å². The summed E-state index contributed by atoms with van der Waals surface area (Å²) in [6, 6.07) is 4.48. The van der Waals surface area contributed by atoms with Crippen LogP contribution in [0.15, 0.2) is 28.9 Å². The zero-order chi connectivity index (χ0) is 12.4. The number of aliphatic carboxylic acids is 1. The lowest BCUT2D eigenvalue weighted by Crippen LogP contribution is -2.02. The number of rotatable bonds is 3. The van der Waals surface area contributed by atoms with Gasteiger partial charge in [-0.3, -0.25) is 9.89 Å². The maximum Gasteiger partial charge on any atom is 0.309 e. The van der Waals surface area contributed by atoms with Crippen LogP contribution in [0.3, 0.4) is 0 Å². The van der Waals surface area contributed by atoms with Crippen molar-refractivity contribution in [3.05, 3.63) is 40.4 Å². The maximum absolute atomic E-state index is 13.6. The fraction of sp³-hybridized carbons (Fsp3) is 0.0909. The van der Waals surface area contributed by atoms with Gasteiger partial charge >= 0.3 is 5.97 Å². The number of aromatic nitrogens is 2. The van der Waals surface area contributed by atoms with E-state index in [9.17, 15) is 9.18 Å². The normalized spacial score (nSPS) is 10.5. The predicted octanol–water partition coefficient (Wildman–Crippen LogP) is 2.61. The molecule has 1 aromatic heterocycles. The largest absolute Gasteiger partial charge is 0.481 e. The molecular weight excluding hydrogens is 291 g/mol. The van der Waals surface area contributed by atoms with Gasteiger partial charge in [-0.1, -0.05) is 15.9 Å². The van der Waals surface area contributed by atoms with E-state index in [1.807, 2.05) is 0 Å². The van der Waals surface area contributed by atoms with Gasteiger partial charge in [0.2, 0.25) is 0 Å². The quantitative estimate of drug-likeness (QED) is 0.915. The van der Waals surface area contributed by atoms with E-state index in [1.54, 1.807) is 12.1 Å². The first kappa shape index (κ1) is 11.8. The van der Waals surface area contributed by atoms with Crippen molar-refractivity contribution in [2.24, 2.45) is 0 Å². The molecule has 1 heterocycles. The topological polar surface area (TPSA) is 66.0 Å². The molecule has 2 aromatic rings. The Labute approximate surface area is 105 Å². The summed E-state index contributed by atoms with van der Waals surface area (Å²) in [5.41, 5.74) is 1.17. The molecule has 0 aliphatic heterocycles. The molecule has 1 aromatic carbocycles. The number of carboxylic acids is 1. The fourth-order valence-electron chi connectivity index (χ4n) is 1.53. The van der Waals surface area contributed by atoms with E-state index in [1.165, 1.54) is 12.3 Å². The Kier molecular flexibility index (Phi) is 3.23. The van der Waals surface area contributed by atoms with Gasteiger partial charge in [-0.05, 0) is 18.2 Å². The van der Waals surface area contributed by atoms with Gasteiger partial charge in [0.25, 0.3) is 0 Å². The Bertz CT molecular complexity index is 568. The molecule has 0 atom stereocenters. The van der Waals surface area contributed by atoms with E-state index in [0.717, 1.165) is 4.47 Å². The fourth-order valence-corrected chi connectivity index (χ4v) is 1.90. The van der Waals surface area contributed by atoms with Crippen LogP contribution in [0.5, 0.6) is 0 Å². The molecule has 0 aliphatic carbocycles. The lowest BCUT2D eigenvalue weighted by molar-refractivity contribution is -0.136. The van der Waals surface area contributed by atoms with Crippen molar-refractivity contribution in [1.82, 2.24) is 10.2 Å². The highest BCUT2D eigenvalue weighted by molar-refractivity contribution is 9.10. The molecule has 2 rings (SSSR count). The van der Waals surface area contributed by atoms with Crippen molar-refractivity contribution in [2.45, 2.75) is 6.42 Å². The number of hydrogen-bond acceptors (Lipinski definition) is 2. The Hall–Kier alpha value is -1.69. The third-order valence-corrected chi connectivity index (χ3v) is 2.76. The van der Waals surface area contributed by atoms with Crippen molar-refractivity contribution < 1.29 is 14.3 Å². The minimum atomic E-state index is -0.995. The summed E-state index contributed by atoms with van der Waals surface area (Å²) in [5.74, 6) is -1.41. The number of nitrogens with one attached hydrogen (secondary N) is 1. The minimum Gasteiger partial charge on any atom is -0.481 e. The molecule has 0 spiro atoms. The summed E-state index contributed by atoms with van der Waals surface area (Å²) in [6.07, 6.45) is 1.20. The van der Waals surface area contributed by atoms with E-state index in [0.29, 0.717) is 16.8 Å². The highest BCUT2D eigenvalue weighted by Gasteiger charge is 2.14. The van der Waals surface area contributed by atoms with Gasteiger partial charge in [0.15, 0.2) is 0 Å². The summed E-state index contributed by atoms with van der Waals surface area (Å²) < 4.78 is 14.4. The van der Waals surface area contributed by atoms with Crippen molar-refractivity contribution in [1.29, 1.82) is 0 Å². The first-order valence-electron chi connectivity index (χ1n) is 4.77. The summed E-state index contributed by atoms with van der Waals surface area (Å²) in [7, 11) is 0. The summed E-state index contributed by atoms with van der Waals surface area (Å²) in [4.78, 5) is 10.7. The first-order valence-corrected chi connectivity index (χ1v) is 5.56. The van der Waals surface area contributed by atoms with Crippen LogP contribution in [-0.2, 0) is 11.2 Å². The van der Waals surface area contributed by atoms with Crippen LogP contribution in [-0.4, -0.2) is 21.3 Å². The van der Waals surface area contributed by atoms with Crippen LogP contribution >= 0.6 is 15.9 Å². The number of carboxylic acid groups (broad SMARTS) is 1. The highest BCUT2D eigenvalue weighted by atomic mass is 79.9. The molecule has 6 heteroatoms. The predicted molar refractivity (Wildman–Crippen MR) is 63.0 cm³/mol. The summed E-state index contributed by atoms with van der Waals surface area (Å²) >= 11 is 3.24. The van der Waals surface area contributed by atoms with E-state index in [4.69, 9.17) is 5.11 Å². The number of nitrogens with zero attached hydrogens (tertiary/aromatic N) is 1. The van der Waals surface area contributed by atoms with E-state index in [2.05, 4.69) is 26.1 Å². The minimum absolute atomic E-state index is 0.221. The standard InChI is InChI=1S/C11H8BrFN2O2/c12-6-1-2-9(13)7(3-6)8-5-14-15-10(8)4-11(16)17/h1-3,5H,4H2,(H,14,15)(H,16,17). The molecule has 0 saturated carbocycles. The molecule has 0 amide bonds. The third kappa shape index (κ3) is 2.52. The SMILES string of the molecule is O=C(O)Cc1[nH]ncc1-c1cc(Br)ccc1F. The summed E-state index contributed by atoms with van der Waals surface area (Å²) in [5, 5.41) is 15.1.